The van der Waals surface area contributed by atoms with Gasteiger partial charge in [0.1, 0.15) is 5.75 Å². The summed E-state index contributed by atoms with van der Waals surface area (Å²) in [4.78, 5) is 21.5. The lowest BCUT2D eigenvalue weighted by molar-refractivity contribution is -0.384. The van der Waals surface area contributed by atoms with Crippen LogP contribution >= 0.6 is 0 Å². The van der Waals surface area contributed by atoms with E-state index < -0.39 is 11.0 Å². The number of nitrogens with one attached hydrogen (secondary N) is 1. The van der Waals surface area contributed by atoms with Crippen LogP contribution in [0.3, 0.4) is 0 Å². The van der Waals surface area contributed by atoms with Crippen molar-refractivity contribution >= 4 is 17.5 Å². The minimum absolute atomic E-state index is 0.143. The number of hydrogen-bond acceptors (Lipinski definition) is 5. The Labute approximate surface area is 104 Å². The highest BCUT2D eigenvalue weighted by molar-refractivity contribution is 5.87. The number of hydrogen-bond donors (Lipinski definition) is 1. The molecule has 1 amide bonds. The zero-order valence-electron chi connectivity index (χ0n) is 10.3. The molecule has 0 saturated heterocycles. The minimum atomic E-state index is -0.691. The molecule has 0 bridgehead atoms. The van der Waals surface area contributed by atoms with E-state index in [1.165, 1.54) is 25.3 Å². The number of anilines is 1. The van der Waals surface area contributed by atoms with E-state index in [0.29, 0.717) is 5.75 Å². The summed E-state index contributed by atoms with van der Waals surface area (Å²) < 4.78 is 9.87. The number of carbonyl (C=O) groups is 1. The molecule has 0 aliphatic rings. The number of nitro groups is 1. The molecule has 0 radical (unpaired) electrons. The molecular formula is C11H14N2O5. The van der Waals surface area contributed by atoms with Gasteiger partial charge in [-0.2, -0.15) is 0 Å². The highest BCUT2D eigenvalue weighted by Gasteiger charge is 2.14. The topological polar surface area (TPSA) is 90.7 Å². The van der Waals surface area contributed by atoms with Gasteiger partial charge in [0.15, 0.2) is 0 Å². The molecule has 1 N–H and O–H groups in total. The SMILES string of the molecule is COc1ccc([N+](=O)[O-])cc1NC(=O)OC(C)C. The van der Waals surface area contributed by atoms with Crippen LogP contribution in [0, 0.1) is 10.1 Å². The number of nitro benzene ring substituents is 1. The molecule has 0 saturated carbocycles. The number of ether oxygens (including phenoxy) is 2. The predicted octanol–water partition coefficient (Wildman–Crippen LogP) is 2.56. The molecule has 0 atom stereocenters. The van der Waals surface area contributed by atoms with Gasteiger partial charge in [-0.1, -0.05) is 0 Å². The van der Waals surface area contributed by atoms with Crippen LogP contribution in [-0.2, 0) is 4.74 Å². The molecule has 0 aliphatic carbocycles. The summed E-state index contributed by atoms with van der Waals surface area (Å²) in [5.74, 6) is 0.321. The van der Waals surface area contributed by atoms with Crippen molar-refractivity contribution < 1.29 is 19.2 Å². The van der Waals surface area contributed by atoms with E-state index in [4.69, 9.17) is 9.47 Å². The highest BCUT2D eigenvalue weighted by Crippen LogP contribution is 2.28. The second-order valence-corrected chi connectivity index (χ2v) is 3.72. The van der Waals surface area contributed by atoms with E-state index in [2.05, 4.69) is 5.32 Å². The quantitative estimate of drug-likeness (QED) is 0.658. The van der Waals surface area contributed by atoms with Gasteiger partial charge in [-0.3, -0.25) is 15.4 Å². The van der Waals surface area contributed by atoms with E-state index in [0.717, 1.165) is 0 Å². The molecular weight excluding hydrogens is 240 g/mol. The van der Waals surface area contributed by atoms with Crippen LogP contribution in [0.15, 0.2) is 18.2 Å². The lowest BCUT2D eigenvalue weighted by Crippen LogP contribution is -2.18. The number of carbonyl (C=O) groups excluding carboxylic acids is 1. The number of rotatable bonds is 4. The third kappa shape index (κ3) is 3.62. The van der Waals surface area contributed by atoms with Crippen LogP contribution in [0.25, 0.3) is 0 Å². The van der Waals surface area contributed by atoms with Crippen molar-refractivity contribution in [3.63, 3.8) is 0 Å². The average molecular weight is 254 g/mol. The third-order valence-corrected chi connectivity index (χ3v) is 1.97. The number of methoxy groups -OCH3 is 1. The standard InChI is InChI=1S/C11H14N2O5/c1-7(2)18-11(14)12-9-6-8(13(15)16)4-5-10(9)17-3/h4-7H,1-3H3,(H,12,14). The molecule has 0 fully saturated rings. The van der Waals surface area contributed by atoms with E-state index in [1.54, 1.807) is 13.8 Å². The third-order valence-electron chi connectivity index (χ3n) is 1.97. The molecule has 98 valence electrons. The number of amides is 1. The molecule has 0 unspecified atom stereocenters. The number of non-ortho nitro benzene ring substituents is 1. The Morgan fingerprint density at radius 2 is 2.11 bits per heavy atom. The van der Waals surface area contributed by atoms with Crippen LogP contribution in [0.1, 0.15) is 13.8 Å². The second-order valence-electron chi connectivity index (χ2n) is 3.72. The Morgan fingerprint density at radius 1 is 1.44 bits per heavy atom. The Hall–Kier alpha value is -2.31. The van der Waals surface area contributed by atoms with Gasteiger partial charge in [0.05, 0.1) is 23.8 Å². The Morgan fingerprint density at radius 3 is 2.61 bits per heavy atom. The van der Waals surface area contributed by atoms with Crippen LogP contribution in [0.5, 0.6) is 5.75 Å². The van der Waals surface area contributed by atoms with Gasteiger partial charge in [-0.25, -0.2) is 4.79 Å². The van der Waals surface area contributed by atoms with Crippen LogP contribution in [0.2, 0.25) is 0 Å². The van der Waals surface area contributed by atoms with Gasteiger partial charge in [-0.05, 0) is 19.9 Å². The minimum Gasteiger partial charge on any atom is -0.495 e. The molecule has 7 heteroatoms. The van der Waals surface area contributed by atoms with Gasteiger partial charge in [0.2, 0.25) is 0 Å². The van der Waals surface area contributed by atoms with E-state index in [-0.39, 0.29) is 17.5 Å². The Bertz CT molecular complexity index is 459. The molecule has 0 heterocycles. The van der Waals surface area contributed by atoms with Crippen LogP contribution < -0.4 is 10.1 Å². The van der Waals surface area contributed by atoms with Crippen molar-refractivity contribution in [3.8, 4) is 5.75 Å². The fraction of sp³-hybridized carbons (Fsp3) is 0.364. The summed E-state index contributed by atoms with van der Waals surface area (Å²) in [5, 5.41) is 13.0. The predicted molar refractivity (Wildman–Crippen MR) is 64.9 cm³/mol. The maximum absolute atomic E-state index is 11.4. The molecule has 18 heavy (non-hydrogen) atoms. The summed E-state index contributed by atoms with van der Waals surface area (Å²) >= 11 is 0. The Balaban J connectivity index is 2.94. The molecule has 7 nitrogen and oxygen atoms in total. The Kier molecular flexibility index (Phi) is 4.47. The summed E-state index contributed by atoms with van der Waals surface area (Å²) in [7, 11) is 1.40. The van der Waals surface area contributed by atoms with Crippen molar-refractivity contribution in [2.45, 2.75) is 20.0 Å². The maximum atomic E-state index is 11.4. The molecule has 0 aromatic heterocycles. The van der Waals surface area contributed by atoms with Crippen molar-refractivity contribution in [1.29, 1.82) is 0 Å². The van der Waals surface area contributed by atoms with E-state index in [1.807, 2.05) is 0 Å². The summed E-state index contributed by atoms with van der Waals surface area (Å²) in [6.45, 7) is 3.40. The molecule has 0 spiro atoms. The molecule has 1 aromatic carbocycles. The first kappa shape index (κ1) is 13.8. The summed E-state index contributed by atoms with van der Waals surface area (Å²) in [5.41, 5.74) is 0.0491. The fourth-order valence-electron chi connectivity index (χ4n) is 1.26. The highest BCUT2D eigenvalue weighted by atomic mass is 16.6. The first-order valence-corrected chi connectivity index (χ1v) is 5.24. The van der Waals surface area contributed by atoms with Gasteiger partial charge >= 0.3 is 6.09 Å². The van der Waals surface area contributed by atoms with Gasteiger partial charge in [-0.15, -0.1) is 0 Å². The summed E-state index contributed by atoms with van der Waals surface area (Å²) in [6, 6.07) is 3.90. The van der Waals surface area contributed by atoms with Crippen LogP contribution in [0.4, 0.5) is 16.2 Å². The molecule has 1 aromatic rings. The largest absolute Gasteiger partial charge is 0.495 e. The number of nitrogens with zero attached hydrogens (tertiary/aromatic N) is 1. The first-order valence-electron chi connectivity index (χ1n) is 5.24. The van der Waals surface area contributed by atoms with Crippen LogP contribution in [-0.4, -0.2) is 24.2 Å². The normalized spacial score (nSPS) is 10.0. The van der Waals surface area contributed by atoms with Crippen molar-refractivity contribution in [2.24, 2.45) is 0 Å². The lowest BCUT2D eigenvalue weighted by atomic mass is 10.2. The van der Waals surface area contributed by atoms with Crippen molar-refractivity contribution in [2.75, 3.05) is 12.4 Å². The zero-order chi connectivity index (χ0) is 13.7. The van der Waals surface area contributed by atoms with E-state index >= 15 is 0 Å². The van der Waals surface area contributed by atoms with Gasteiger partial charge < -0.3 is 9.47 Å². The van der Waals surface area contributed by atoms with Gasteiger partial charge in [0, 0.05) is 12.1 Å². The summed E-state index contributed by atoms with van der Waals surface area (Å²) in [6.07, 6.45) is -0.974. The van der Waals surface area contributed by atoms with Gasteiger partial charge in [0.25, 0.3) is 5.69 Å². The molecule has 0 aliphatic heterocycles. The van der Waals surface area contributed by atoms with Crippen molar-refractivity contribution in [3.05, 3.63) is 28.3 Å². The maximum Gasteiger partial charge on any atom is 0.411 e. The average Bonchev–Trinajstić information content (AvgIpc) is 2.27. The first-order chi connectivity index (χ1) is 8.43. The zero-order valence-corrected chi connectivity index (χ0v) is 10.3. The smallest absolute Gasteiger partial charge is 0.411 e. The fourth-order valence-corrected chi connectivity index (χ4v) is 1.26. The molecule has 1 rings (SSSR count). The second kappa shape index (κ2) is 5.85. The number of benzene rings is 1. The van der Waals surface area contributed by atoms with Crippen molar-refractivity contribution in [1.82, 2.24) is 0 Å². The lowest BCUT2D eigenvalue weighted by Gasteiger charge is -2.12. The van der Waals surface area contributed by atoms with E-state index in [9.17, 15) is 14.9 Å². The monoisotopic (exact) mass is 254 g/mol.